The fourth-order valence-electron chi connectivity index (χ4n) is 1.24. The molecule has 1 aromatic heterocycles. The van der Waals surface area contributed by atoms with Crippen LogP contribution in [-0.2, 0) is 4.74 Å². The average molecular weight is 325 g/mol. The lowest BCUT2D eigenvalue weighted by Crippen LogP contribution is -2.05. The molecule has 0 N–H and O–H groups in total. The van der Waals surface area contributed by atoms with Crippen LogP contribution in [0.4, 0.5) is 0 Å². The van der Waals surface area contributed by atoms with Gasteiger partial charge in [-0.1, -0.05) is 23.9 Å². The van der Waals surface area contributed by atoms with Crippen molar-refractivity contribution in [3.05, 3.63) is 46.8 Å². The first-order chi connectivity index (χ1) is 8.70. The fourth-order valence-corrected chi connectivity index (χ4v) is 2.56. The number of rotatable bonds is 3. The molecule has 18 heavy (non-hydrogen) atoms. The molecule has 0 fully saturated rings. The summed E-state index contributed by atoms with van der Waals surface area (Å²) in [5.74, 6) is -0.489. The van der Waals surface area contributed by atoms with Gasteiger partial charge in [0.2, 0.25) is 0 Å². The minimum Gasteiger partial charge on any atom is -0.464 e. The van der Waals surface area contributed by atoms with Crippen molar-refractivity contribution in [2.45, 2.75) is 9.92 Å². The molecular weight excluding hydrogens is 316 g/mol. The van der Waals surface area contributed by atoms with E-state index in [-0.39, 0.29) is 5.69 Å². The van der Waals surface area contributed by atoms with Crippen molar-refractivity contribution in [3.8, 4) is 0 Å². The van der Waals surface area contributed by atoms with Crippen LogP contribution in [0.25, 0.3) is 0 Å². The Hall–Kier alpha value is -1.40. The number of carbonyl (C=O) groups is 1. The molecule has 0 amide bonds. The summed E-state index contributed by atoms with van der Waals surface area (Å²) >= 11 is 4.88. The zero-order chi connectivity index (χ0) is 13.0. The van der Waals surface area contributed by atoms with Gasteiger partial charge < -0.3 is 4.74 Å². The Kier molecular flexibility index (Phi) is 4.33. The van der Waals surface area contributed by atoms with Gasteiger partial charge in [0.1, 0.15) is 5.03 Å². The summed E-state index contributed by atoms with van der Waals surface area (Å²) in [7, 11) is 1.32. The van der Waals surface area contributed by atoms with E-state index >= 15 is 0 Å². The molecule has 0 bridgehead atoms. The van der Waals surface area contributed by atoms with Gasteiger partial charge in [-0.2, -0.15) is 0 Å². The summed E-state index contributed by atoms with van der Waals surface area (Å²) in [4.78, 5) is 20.5. The van der Waals surface area contributed by atoms with E-state index < -0.39 is 5.97 Å². The van der Waals surface area contributed by atoms with Crippen LogP contribution in [0.15, 0.2) is 51.1 Å². The van der Waals surface area contributed by atoms with Gasteiger partial charge >= 0.3 is 5.97 Å². The second kappa shape index (κ2) is 5.97. The molecule has 0 spiro atoms. The smallest absolute Gasteiger partial charge is 0.358 e. The number of carbonyl (C=O) groups excluding carboxylic acids is 1. The first kappa shape index (κ1) is 13.0. The number of hydrogen-bond donors (Lipinski definition) is 0. The Bertz CT molecular complexity index is 578. The fraction of sp³-hybridized carbons (Fsp3) is 0.0833. The zero-order valence-corrected chi connectivity index (χ0v) is 11.9. The minimum atomic E-state index is -0.489. The molecule has 0 radical (unpaired) electrons. The summed E-state index contributed by atoms with van der Waals surface area (Å²) < 4.78 is 5.58. The van der Waals surface area contributed by atoms with Crippen LogP contribution in [0.2, 0.25) is 0 Å². The van der Waals surface area contributed by atoms with Gasteiger partial charge in [-0.15, -0.1) is 0 Å². The molecule has 6 heteroatoms. The first-order valence-corrected chi connectivity index (χ1v) is 6.64. The molecule has 0 aliphatic rings. The van der Waals surface area contributed by atoms with E-state index in [1.54, 1.807) is 6.20 Å². The number of aromatic nitrogens is 2. The van der Waals surface area contributed by atoms with Crippen LogP contribution in [0.5, 0.6) is 0 Å². The Labute approximate surface area is 117 Å². The molecule has 0 saturated carbocycles. The van der Waals surface area contributed by atoms with Gasteiger partial charge in [0.15, 0.2) is 5.69 Å². The number of halogens is 1. The van der Waals surface area contributed by atoms with Crippen molar-refractivity contribution >= 4 is 33.7 Å². The molecule has 1 aromatic carbocycles. The molecule has 0 saturated heterocycles. The standard InChI is InChI=1S/C12H9BrN2O2S/c1-17-12(16)9-6-14-7-11(15-9)18-10-5-3-2-4-8(10)13/h2-7H,1H3. The SMILES string of the molecule is COC(=O)c1cncc(Sc2ccccc2Br)n1. The molecule has 0 unspecified atom stereocenters. The van der Waals surface area contributed by atoms with Crippen molar-refractivity contribution in [2.24, 2.45) is 0 Å². The number of ether oxygens (including phenoxy) is 1. The number of nitrogens with zero attached hydrogens (tertiary/aromatic N) is 2. The lowest BCUT2D eigenvalue weighted by molar-refractivity contribution is 0.0592. The topological polar surface area (TPSA) is 52.1 Å². The molecule has 1 heterocycles. The van der Waals surface area contributed by atoms with Crippen molar-refractivity contribution in [1.29, 1.82) is 0 Å². The summed E-state index contributed by atoms with van der Waals surface area (Å²) in [6, 6.07) is 7.77. The van der Waals surface area contributed by atoms with Crippen molar-refractivity contribution < 1.29 is 9.53 Å². The molecule has 2 rings (SSSR count). The predicted molar refractivity (Wildman–Crippen MR) is 71.6 cm³/mol. The molecular formula is C12H9BrN2O2S. The van der Waals surface area contributed by atoms with E-state index in [1.807, 2.05) is 24.3 Å². The van der Waals surface area contributed by atoms with Gasteiger partial charge in [-0.05, 0) is 28.1 Å². The maximum atomic E-state index is 11.3. The first-order valence-electron chi connectivity index (χ1n) is 5.03. The molecule has 0 aliphatic heterocycles. The Morgan fingerprint density at radius 3 is 2.83 bits per heavy atom. The van der Waals surface area contributed by atoms with Gasteiger partial charge in [-0.25, -0.2) is 9.78 Å². The van der Waals surface area contributed by atoms with Crippen LogP contribution in [0, 0.1) is 0 Å². The second-order valence-electron chi connectivity index (χ2n) is 3.27. The van der Waals surface area contributed by atoms with E-state index in [4.69, 9.17) is 0 Å². The van der Waals surface area contributed by atoms with Crippen LogP contribution >= 0.6 is 27.7 Å². The van der Waals surface area contributed by atoms with E-state index in [0.29, 0.717) is 5.03 Å². The summed E-state index contributed by atoms with van der Waals surface area (Å²) in [5, 5.41) is 0.643. The van der Waals surface area contributed by atoms with Crippen LogP contribution in [0.3, 0.4) is 0 Å². The molecule has 0 atom stereocenters. The van der Waals surface area contributed by atoms with Crippen molar-refractivity contribution in [3.63, 3.8) is 0 Å². The molecule has 92 valence electrons. The zero-order valence-electron chi connectivity index (χ0n) is 9.46. The minimum absolute atomic E-state index is 0.203. The number of esters is 1. The van der Waals surface area contributed by atoms with Crippen LogP contribution in [-0.4, -0.2) is 23.0 Å². The highest BCUT2D eigenvalue weighted by Crippen LogP contribution is 2.31. The third kappa shape index (κ3) is 3.08. The molecule has 4 nitrogen and oxygen atoms in total. The van der Waals surface area contributed by atoms with Gasteiger partial charge in [0.05, 0.1) is 19.5 Å². The Balaban J connectivity index is 2.25. The predicted octanol–water partition coefficient (Wildman–Crippen LogP) is 3.18. The largest absolute Gasteiger partial charge is 0.464 e. The second-order valence-corrected chi connectivity index (χ2v) is 5.18. The average Bonchev–Trinajstić information content (AvgIpc) is 2.41. The van der Waals surface area contributed by atoms with Gasteiger partial charge in [-0.3, -0.25) is 4.98 Å². The number of methoxy groups -OCH3 is 1. The Morgan fingerprint density at radius 2 is 2.11 bits per heavy atom. The van der Waals surface area contributed by atoms with Crippen molar-refractivity contribution in [1.82, 2.24) is 9.97 Å². The third-order valence-corrected chi connectivity index (χ3v) is 3.99. The van der Waals surface area contributed by atoms with E-state index in [0.717, 1.165) is 9.37 Å². The lowest BCUT2D eigenvalue weighted by atomic mass is 10.4. The maximum Gasteiger partial charge on any atom is 0.358 e. The number of hydrogen-bond acceptors (Lipinski definition) is 5. The normalized spacial score (nSPS) is 10.1. The monoisotopic (exact) mass is 324 g/mol. The third-order valence-electron chi connectivity index (χ3n) is 2.06. The summed E-state index contributed by atoms with van der Waals surface area (Å²) in [6.45, 7) is 0. The highest BCUT2D eigenvalue weighted by Gasteiger charge is 2.10. The van der Waals surface area contributed by atoms with Crippen molar-refractivity contribution in [2.75, 3.05) is 7.11 Å². The summed E-state index contributed by atoms with van der Waals surface area (Å²) in [6.07, 6.45) is 2.99. The van der Waals surface area contributed by atoms with Crippen LogP contribution < -0.4 is 0 Å². The van der Waals surface area contributed by atoms with E-state index in [9.17, 15) is 4.79 Å². The summed E-state index contributed by atoms with van der Waals surface area (Å²) in [5.41, 5.74) is 0.203. The molecule has 2 aromatic rings. The Morgan fingerprint density at radius 1 is 1.33 bits per heavy atom. The maximum absolute atomic E-state index is 11.3. The van der Waals surface area contributed by atoms with Gasteiger partial charge in [0, 0.05) is 9.37 Å². The van der Waals surface area contributed by atoms with Crippen LogP contribution in [0.1, 0.15) is 10.5 Å². The highest BCUT2D eigenvalue weighted by molar-refractivity contribution is 9.10. The molecule has 0 aliphatic carbocycles. The lowest BCUT2D eigenvalue weighted by Gasteiger charge is -2.04. The highest BCUT2D eigenvalue weighted by atomic mass is 79.9. The van der Waals surface area contributed by atoms with Gasteiger partial charge in [0.25, 0.3) is 0 Å². The quantitative estimate of drug-likeness (QED) is 0.811. The number of benzene rings is 1. The van der Waals surface area contributed by atoms with E-state index in [1.165, 1.54) is 25.1 Å². The van der Waals surface area contributed by atoms with E-state index in [2.05, 4.69) is 30.6 Å².